The molecule has 0 fully saturated rings. The number of hydrogen-bond donors (Lipinski definition) is 2. The first kappa shape index (κ1) is 19.8. The number of nitrogens with zero attached hydrogens (tertiary/aromatic N) is 1. The molecule has 4 aromatic rings. The average Bonchev–Trinajstić information content (AvgIpc) is 3.17. The van der Waals surface area contributed by atoms with Crippen molar-refractivity contribution in [1.82, 2.24) is 9.97 Å². The Balaban J connectivity index is 1.67. The quantitative estimate of drug-likeness (QED) is 0.448. The van der Waals surface area contributed by atoms with E-state index in [2.05, 4.69) is 15.3 Å². The number of aryl methyl sites for hydroxylation is 1. The van der Waals surface area contributed by atoms with E-state index in [1.54, 1.807) is 38.5 Å². The number of carbonyl (C=O) groups excluding carboxylic acids is 1. The number of halogens is 1. The van der Waals surface area contributed by atoms with Crippen LogP contribution >= 0.6 is 11.6 Å². The molecule has 2 N–H and O–H groups in total. The minimum atomic E-state index is -0.203. The fraction of sp³-hybridized carbons (Fsp3) is 0.130. The van der Waals surface area contributed by atoms with Gasteiger partial charge in [0.15, 0.2) is 11.5 Å². The van der Waals surface area contributed by atoms with E-state index in [1.165, 1.54) is 0 Å². The number of aromatic amines is 1. The van der Waals surface area contributed by atoms with Crippen molar-refractivity contribution >= 4 is 34.2 Å². The van der Waals surface area contributed by atoms with Crippen LogP contribution in [0.3, 0.4) is 0 Å². The van der Waals surface area contributed by atoms with Crippen LogP contribution < -0.4 is 14.8 Å². The molecule has 30 heavy (non-hydrogen) atoms. The van der Waals surface area contributed by atoms with E-state index in [4.69, 9.17) is 21.1 Å². The lowest BCUT2D eigenvalue weighted by molar-refractivity contribution is 0.102. The fourth-order valence-electron chi connectivity index (χ4n) is 3.17. The highest BCUT2D eigenvalue weighted by Gasteiger charge is 2.13. The molecule has 0 aliphatic carbocycles. The molecule has 1 heterocycles. The Morgan fingerprint density at radius 2 is 1.70 bits per heavy atom. The van der Waals surface area contributed by atoms with Crippen LogP contribution in [0.15, 0.2) is 54.6 Å². The summed E-state index contributed by atoms with van der Waals surface area (Å²) < 4.78 is 10.7. The maximum Gasteiger partial charge on any atom is 0.255 e. The normalized spacial score (nSPS) is 10.8. The highest BCUT2D eigenvalue weighted by Crippen LogP contribution is 2.33. The van der Waals surface area contributed by atoms with Gasteiger partial charge in [-0.05, 0) is 42.8 Å². The molecule has 0 aliphatic heterocycles. The molecule has 0 radical (unpaired) electrons. The van der Waals surface area contributed by atoms with Crippen LogP contribution in [0.2, 0.25) is 5.02 Å². The second kappa shape index (κ2) is 8.08. The summed E-state index contributed by atoms with van der Waals surface area (Å²) in [5.41, 5.74) is 4.63. The number of imidazole rings is 1. The van der Waals surface area contributed by atoms with Crippen molar-refractivity contribution in [2.24, 2.45) is 0 Å². The van der Waals surface area contributed by atoms with Gasteiger partial charge in [0.25, 0.3) is 5.91 Å². The zero-order chi connectivity index (χ0) is 21.3. The largest absolute Gasteiger partial charge is 0.493 e. The molecule has 152 valence electrons. The van der Waals surface area contributed by atoms with Gasteiger partial charge in [-0.1, -0.05) is 23.7 Å². The molecule has 7 heteroatoms. The fourth-order valence-corrected chi connectivity index (χ4v) is 3.30. The Bertz CT molecular complexity index is 1190. The van der Waals surface area contributed by atoms with E-state index < -0.39 is 0 Å². The molecule has 4 rings (SSSR count). The molecular formula is C23H20ClN3O3. The lowest BCUT2D eigenvalue weighted by Gasteiger charge is -2.10. The number of methoxy groups -OCH3 is 2. The minimum absolute atomic E-state index is 0.203. The van der Waals surface area contributed by atoms with Crippen LogP contribution in [0, 0.1) is 6.92 Å². The molecule has 3 aromatic carbocycles. The standard InChI is InChI=1S/C23H20ClN3O3/c1-13-4-5-15(10-17(13)27-23(28)14-6-8-16(24)9-7-14)22-25-18-11-20(29-2)21(30-3)12-19(18)26-22/h4-12H,1-3H3,(H,25,26)(H,27,28). The van der Waals surface area contributed by atoms with Crippen LogP contribution in [0.25, 0.3) is 22.4 Å². The number of ether oxygens (including phenoxy) is 2. The monoisotopic (exact) mass is 421 g/mol. The molecule has 0 saturated heterocycles. The number of rotatable bonds is 5. The zero-order valence-electron chi connectivity index (χ0n) is 16.7. The summed E-state index contributed by atoms with van der Waals surface area (Å²) in [4.78, 5) is 20.6. The lowest BCUT2D eigenvalue weighted by atomic mass is 10.1. The molecule has 0 aliphatic rings. The van der Waals surface area contributed by atoms with Crippen molar-refractivity contribution < 1.29 is 14.3 Å². The van der Waals surface area contributed by atoms with Gasteiger partial charge < -0.3 is 19.8 Å². The molecular weight excluding hydrogens is 402 g/mol. The molecule has 0 saturated carbocycles. The second-order valence-electron chi connectivity index (χ2n) is 6.80. The van der Waals surface area contributed by atoms with Gasteiger partial charge >= 0.3 is 0 Å². The van der Waals surface area contributed by atoms with E-state index in [0.717, 1.165) is 22.2 Å². The summed E-state index contributed by atoms with van der Waals surface area (Å²) in [5.74, 6) is 1.72. The minimum Gasteiger partial charge on any atom is -0.493 e. The van der Waals surface area contributed by atoms with Crippen molar-refractivity contribution in [3.8, 4) is 22.9 Å². The Kier molecular flexibility index (Phi) is 5.33. The number of H-pyrrole nitrogens is 1. The third kappa shape index (κ3) is 3.82. The van der Waals surface area contributed by atoms with Crippen molar-refractivity contribution in [2.75, 3.05) is 19.5 Å². The predicted octanol–water partition coefficient (Wildman–Crippen LogP) is 5.46. The zero-order valence-corrected chi connectivity index (χ0v) is 17.5. The van der Waals surface area contributed by atoms with Crippen LogP contribution in [0.4, 0.5) is 5.69 Å². The summed E-state index contributed by atoms with van der Waals surface area (Å²) in [7, 11) is 3.18. The highest BCUT2D eigenvalue weighted by atomic mass is 35.5. The molecule has 0 unspecified atom stereocenters. The van der Waals surface area contributed by atoms with E-state index in [0.29, 0.717) is 33.6 Å². The molecule has 1 amide bonds. The van der Waals surface area contributed by atoms with E-state index in [9.17, 15) is 4.79 Å². The number of nitrogens with one attached hydrogen (secondary N) is 2. The molecule has 0 bridgehead atoms. The Morgan fingerprint density at radius 3 is 2.40 bits per heavy atom. The number of carbonyl (C=O) groups is 1. The summed E-state index contributed by atoms with van der Waals surface area (Å²) in [6, 6.07) is 16.2. The third-order valence-electron chi connectivity index (χ3n) is 4.85. The number of benzene rings is 3. The first-order chi connectivity index (χ1) is 14.5. The van der Waals surface area contributed by atoms with Crippen LogP contribution in [-0.2, 0) is 0 Å². The van der Waals surface area contributed by atoms with Crippen molar-refractivity contribution in [3.05, 3.63) is 70.7 Å². The third-order valence-corrected chi connectivity index (χ3v) is 5.10. The molecule has 0 atom stereocenters. The Morgan fingerprint density at radius 1 is 1.00 bits per heavy atom. The highest BCUT2D eigenvalue weighted by molar-refractivity contribution is 6.30. The number of fused-ring (bicyclic) bond motifs is 1. The smallest absolute Gasteiger partial charge is 0.255 e. The van der Waals surface area contributed by atoms with Gasteiger partial charge in [0.1, 0.15) is 5.82 Å². The van der Waals surface area contributed by atoms with Gasteiger partial charge in [-0.3, -0.25) is 4.79 Å². The van der Waals surface area contributed by atoms with Crippen LogP contribution in [0.1, 0.15) is 15.9 Å². The van der Waals surface area contributed by atoms with E-state index >= 15 is 0 Å². The van der Waals surface area contributed by atoms with Gasteiger partial charge in [0.2, 0.25) is 0 Å². The SMILES string of the molecule is COc1cc2nc(-c3ccc(C)c(NC(=O)c4ccc(Cl)cc4)c3)[nH]c2cc1OC. The predicted molar refractivity (Wildman–Crippen MR) is 119 cm³/mol. The van der Waals surface area contributed by atoms with Gasteiger partial charge in [0.05, 0.1) is 25.3 Å². The lowest BCUT2D eigenvalue weighted by Crippen LogP contribution is -2.12. The van der Waals surface area contributed by atoms with Gasteiger partial charge in [-0.25, -0.2) is 4.98 Å². The number of amides is 1. The summed E-state index contributed by atoms with van der Waals surface area (Å²) in [5, 5.41) is 3.55. The van der Waals surface area contributed by atoms with E-state index in [1.807, 2.05) is 37.3 Å². The first-order valence-corrected chi connectivity index (χ1v) is 9.66. The summed E-state index contributed by atoms with van der Waals surface area (Å²) in [6.07, 6.45) is 0. The Labute approximate surface area is 178 Å². The second-order valence-corrected chi connectivity index (χ2v) is 7.24. The van der Waals surface area contributed by atoms with Crippen LogP contribution in [-0.4, -0.2) is 30.1 Å². The van der Waals surface area contributed by atoms with Crippen LogP contribution in [0.5, 0.6) is 11.5 Å². The Hall–Kier alpha value is -3.51. The van der Waals surface area contributed by atoms with Gasteiger partial charge in [-0.2, -0.15) is 0 Å². The maximum absolute atomic E-state index is 12.6. The molecule has 0 spiro atoms. The van der Waals surface area contributed by atoms with Gasteiger partial charge in [0, 0.05) is 34.0 Å². The van der Waals surface area contributed by atoms with Gasteiger partial charge in [-0.15, -0.1) is 0 Å². The molecule has 1 aromatic heterocycles. The summed E-state index contributed by atoms with van der Waals surface area (Å²) >= 11 is 5.90. The topological polar surface area (TPSA) is 76.2 Å². The summed E-state index contributed by atoms with van der Waals surface area (Å²) in [6.45, 7) is 1.94. The van der Waals surface area contributed by atoms with Crippen molar-refractivity contribution in [3.63, 3.8) is 0 Å². The van der Waals surface area contributed by atoms with Crippen molar-refractivity contribution in [2.45, 2.75) is 6.92 Å². The maximum atomic E-state index is 12.6. The molecule has 6 nitrogen and oxygen atoms in total. The van der Waals surface area contributed by atoms with E-state index in [-0.39, 0.29) is 5.91 Å². The number of aromatic nitrogens is 2. The van der Waals surface area contributed by atoms with Crippen molar-refractivity contribution in [1.29, 1.82) is 0 Å². The number of anilines is 1. The number of hydrogen-bond acceptors (Lipinski definition) is 4. The average molecular weight is 422 g/mol. The first-order valence-electron chi connectivity index (χ1n) is 9.28.